The molecule has 2 aliphatic heterocycles. The van der Waals surface area contributed by atoms with Gasteiger partial charge in [0, 0.05) is 13.1 Å². The van der Waals surface area contributed by atoms with Crippen molar-refractivity contribution < 1.29 is 31.7 Å². The number of ether oxygens (including phenoxy) is 1. The van der Waals surface area contributed by atoms with Crippen LogP contribution in [-0.4, -0.2) is 62.0 Å². The van der Waals surface area contributed by atoms with Gasteiger partial charge >= 0.3 is 10.1 Å². The lowest BCUT2D eigenvalue weighted by atomic mass is 10.2. The number of amides is 3. The van der Waals surface area contributed by atoms with E-state index in [0.717, 1.165) is 29.5 Å². The zero-order chi connectivity index (χ0) is 25.2. The van der Waals surface area contributed by atoms with Gasteiger partial charge in [0.05, 0.1) is 16.5 Å². The largest absolute Gasteiger partial charge is 0.497 e. The van der Waals surface area contributed by atoms with Crippen molar-refractivity contribution in [2.75, 3.05) is 26.7 Å². The number of nitrogens with zero attached hydrogens (tertiary/aromatic N) is 2. The standard InChI is InChI=1S/C23H21BrN2O7S2/c1-32-16-5-7-17(8-6-16)35(30,31)33-19-9-4-15(12-18(19)24)13-20-22(28)26(23(29)34-20)14-21(27)25-10-2-3-11-25/h4-9,12-13H,2-3,10-11,14H2,1H3/b20-13-. The number of carbonyl (C=O) groups is 3. The Kier molecular flexibility index (Phi) is 7.53. The van der Waals surface area contributed by atoms with Gasteiger partial charge in [0.25, 0.3) is 11.1 Å². The van der Waals surface area contributed by atoms with Crippen molar-refractivity contribution in [2.45, 2.75) is 17.7 Å². The minimum absolute atomic E-state index is 0.0357. The van der Waals surface area contributed by atoms with Crippen LogP contribution in [-0.2, 0) is 19.7 Å². The highest BCUT2D eigenvalue weighted by molar-refractivity contribution is 9.10. The van der Waals surface area contributed by atoms with E-state index in [9.17, 15) is 22.8 Å². The number of carbonyl (C=O) groups excluding carboxylic acids is 3. The summed E-state index contributed by atoms with van der Waals surface area (Å²) in [6.07, 6.45) is 3.35. The van der Waals surface area contributed by atoms with Gasteiger partial charge in [0.15, 0.2) is 5.75 Å². The number of likely N-dealkylation sites (tertiary alicyclic amines) is 1. The zero-order valence-corrected chi connectivity index (χ0v) is 21.8. The van der Waals surface area contributed by atoms with Gasteiger partial charge in [-0.2, -0.15) is 8.42 Å². The molecule has 2 fully saturated rings. The molecule has 0 radical (unpaired) electrons. The third kappa shape index (κ3) is 5.71. The number of halogens is 1. The van der Waals surface area contributed by atoms with Crippen molar-refractivity contribution in [2.24, 2.45) is 0 Å². The van der Waals surface area contributed by atoms with E-state index in [0.29, 0.717) is 28.9 Å². The lowest BCUT2D eigenvalue weighted by molar-refractivity contribution is -0.135. The fourth-order valence-electron chi connectivity index (χ4n) is 3.57. The lowest BCUT2D eigenvalue weighted by Crippen LogP contribution is -2.40. The highest BCUT2D eigenvalue weighted by Crippen LogP contribution is 2.34. The number of benzene rings is 2. The van der Waals surface area contributed by atoms with E-state index in [1.807, 2.05) is 0 Å². The Labute approximate surface area is 215 Å². The second-order valence-electron chi connectivity index (χ2n) is 7.76. The molecule has 3 amide bonds. The highest BCUT2D eigenvalue weighted by Gasteiger charge is 2.37. The predicted molar refractivity (Wildman–Crippen MR) is 133 cm³/mol. The molecule has 0 aromatic heterocycles. The summed E-state index contributed by atoms with van der Waals surface area (Å²) in [6, 6.07) is 10.4. The average molecular weight is 581 g/mol. The van der Waals surface area contributed by atoms with Gasteiger partial charge in [-0.25, -0.2) is 0 Å². The van der Waals surface area contributed by atoms with Crippen LogP contribution in [0.2, 0.25) is 0 Å². The first kappa shape index (κ1) is 25.3. The fraction of sp³-hybridized carbons (Fsp3) is 0.261. The summed E-state index contributed by atoms with van der Waals surface area (Å²) in [7, 11) is -2.61. The average Bonchev–Trinajstić information content (AvgIpc) is 3.46. The maximum absolute atomic E-state index is 12.7. The first-order valence-corrected chi connectivity index (χ1v) is 13.6. The molecule has 0 N–H and O–H groups in total. The van der Waals surface area contributed by atoms with E-state index >= 15 is 0 Å². The minimum atomic E-state index is -4.08. The van der Waals surface area contributed by atoms with E-state index in [2.05, 4.69) is 15.9 Å². The monoisotopic (exact) mass is 580 g/mol. The number of thioether (sulfide) groups is 1. The molecular formula is C23H21BrN2O7S2. The SMILES string of the molecule is COc1ccc(S(=O)(=O)Oc2ccc(/C=C3\SC(=O)N(CC(=O)N4CCCC4)C3=O)cc2Br)cc1. The maximum Gasteiger partial charge on any atom is 0.339 e. The van der Waals surface area contributed by atoms with Crippen LogP contribution < -0.4 is 8.92 Å². The molecule has 184 valence electrons. The van der Waals surface area contributed by atoms with Gasteiger partial charge in [-0.15, -0.1) is 0 Å². The molecular weight excluding hydrogens is 560 g/mol. The summed E-state index contributed by atoms with van der Waals surface area (Å²) in [5.74, 6) is -0.207. The van der Waals surface area contributed by atoms with Gasteiger partial charge in [0.2, 0.25) is 5.91 Å². The molecule has 0 unspecified atom stereocenters. The van der Waals surface area contributed by atoms with Crippen molar-refractivity contribution in [3.8, 4) is 11.5 Å². The van der Waals surface area contributed by atoms with Crippen LogP contribution in [0.25, 0.3) is 6.08 Å². The molecule has 2 aliphatic rings. The van der Waals surface area contributed by atoms with Crippen molar-refractivity contribution in [3.63, 3.8) is 0 Å². The van der Waals surface area contributed by atoms with Crippen LogP contribution >= 0.6 is 27.7 Å². The predicted octanol–water partition coefficient (Wildman–Crippen LogP) is 3.88. The Balaban J connectivity index is 1.47. The molecule has 2 aromatic carbocycles. The molecule has 4 rings (SSSR count). The Morgan fingerprint density at radius 3 is 2.43 bits per heavy atom. The van der Waals surface area contributed by atoms with Crippen molar-refractivity contribution in [3.05, 3.63) is 57.4 Å². The molecule has 0 saturated carbocycles. The van der Waals surface area contributed by atoms with Crippen molar-refractivity contribution in [1.29, 1.82) is 0 Å². The van der Waals surface area contributed by atoms with E-state index in [4.69, 9.17) is 8.92 Å². The summed E-state index contributed by atoms with van der Waals surface area (Å²) >= 11 is 4.05. The van der Waals surface area contributed by atoms with Crippen molar-refractivity contribution in [1.82, 2.24) is 9.80 Å². The molecule has 35 heavy (non-hydrogen) atoms. The summed E-state index contributed by atoms with van der Waals surface area (Å²) in [6.45, 7) is 1.00. The minimum Gasteiger partial charge on any atom is -0.497 e. The second-order valence-corrected chi connectivity index (χ2v) is 11.2. The number of methoxy groups -OCH3 is 1. The van der Waals surface area contributed by atoms with Gasteiger partial charge in [-0.05, 0) is 88.6 Å². The molecule has 2 aromatic rings. The Hall–Kier alpha value is -2.83. The van der Waals surface area contributed by atoms with Crippen LogP contribution in [0, 0.1) is 0 Å². The topological polar surface area (TPSA) is 110 Å². The normalized spacial score (nSPS) is 17.4. The molecule has 0 spiro atoms. The number of hydrogen-bond acceptors (Lipinski definition) is 8. The Morgan fingerprint density at radius 1 is 1.11 bits per heavy atom. The third-order valence-electron chi connectivity index (χ3n) is 5.43. The van der Waals surface area contributed by atoms with E-state index in [1.54, 1.807) is 17.0 Å². The molecule has 2 heterocycles. The van der Waals surface area contributed by atoms with Crippen LogP contribution in [0.15, 0.2) is 56.7 Å². The molecule has 12 heteroatoms. The molecule has 2 saturated heterocycles. The van der Waals surface area contributed by atoms with Crippen LogP contribution in [0.1, 0.15) is 18.4 Å². The zero-order valence-electron chi connectivity index (χ0n) is 18.6. The third-order valence-corrected chi connectivity index (χ3v) is 8.20. The smallest absolute Gasteiger partial charge is 0.339 e. The van der Waals surface area contributed by atoms with Gasteiger partial charge in [-0.1, -0.05) is 6.07 Å². The summed E-state index contributed by atoms with van der Waals surface area (Å²) in [4.78, 5) is 40.2. The maximum atomic E-state index is 12.7. The molecule has 9 nitrogen and oxygen atoms in total. The second kappa shape index (κ2) is 10.4. The van der Waals surface area contributed by atoms with Crippen LogP contribution in [0.4, 0.5) is 4.79 Å². The number of imide groups is 1. The van der Waals surface area contributed by atoms with E-state index in [1.165, 1.54) is 43.5 Å². The summed E-state index contributed by atoms with van der Waals surface area (Å²) in [5, 5.41) is -0.501. The van der Waals surface area contributed by atoms with Crippen LogP contribution in [0.5, 0.6) is 11.5 Å². The van der Waals surface area contributed by atoms with Crippen LogP contribution in [0.3, 0.4) is 0 Å². The Morgan fingerprint density at radius 2 is 1.80 bits per heavy atom. The molecule has 0 bridgehead atoms. The Bertz CT molecular complexity index is 1300. The quantitative estimate of drug-likeness (QED) is 0.358. The van der Waals surface area contributed by atoms with Gasteiger partial charge in [-0.3, -0.25) is 19.3 Å². The number of rotatable bonds is 7. The first-order valence-electron chi connectivity index (χ1n) is 10.6. The highest BCUT2D eigenvalue weighted by atomic mass is 79.9. The number of hydrogen-bond donors (Lipinski definition) is 0. The van der Waals surface area contributed by atoms with E-state index < -0.39 is 21.3 Å². The summed E-state index contributed by atoms with van der Waals surface area (Å²) < 4.78 is 35.8. The fourth-order valence-corrected chi connectivity index (χ4v) is 5.94. The first-order chi connectivity index (χ1) is 16.7. The van der Waals surface area contributed by atoms with E-state index in [-0.39, 0.29) is 28.0 Å². The molecule has 0 aliphatic carbocycles. The van der Waals surface area contributed by atoms with Gasteiger partial charge < -0.3 is 13.8 Å². The van der Waals surface area contributed by atoms with Gasteiger partial charge in [0.1, 0.15) is 17.2 Å². The molecule has 0 atom stereocenters. The summed E-state index contributed by atoms with van der Waals surface area (Å²) in [5.41, 5.74) is 0.544. The lowest BCUT2D eigenvalue weighted by Gasteiger charge is -2.18. The van der Waals surface area contributed by atoms with Crippen molar-refractivity contribution >= 4 is 60.9 Å².